The van der Waals surface area contributed by atoms with E-state index in [-0.39, 0.29) is 0 Å². The Bertz CT molecular complexity index is 1800. The summed E-state index contributed by atoms with van der Waals surface area (Å²) >= 11 is 0. The van der Waals surface area contributed by atoms with Gasteiger partial charge in [-0.1, -0.05) is 103 Å². The van der Waals surface area contributed by atoms with Gasteiger partial charge in [0.15, 0.2) is 0 Å². The van der Waals surface area contributed by atoms with Crippen LogP contribution in [0.3, 0.4) is 0 Å². The van der Waals surface area contributed by atoms with Crippen LogP contribution in [0.15, 0.2) is 134 Å². The predicted octanol–water partition coefficient (Wildman–Crippen LogP) is 10.1. The molecular weight excluding hydrogens is 484 g/mol. The van der Waals surface area contributed by atoms with Gasteiger partial charge in [0.1, 0.15) is 0 Å². The predicted molar refractivity (Wildman–Crippen MR) is 168 cm³/mol. The van der Waals surface area contributed by atoms with Gasteiger partial charge in [0.05, 0.1) is 0 Å². The topological polar surface area (TPSA) is 25.8 Å². The van der Waals surface area contributed by atoms with Crippen LogP contribution in [-0.2, 0) is 0 Å². The highest BCUT2D eigenvalue weighted by Crippen LogP contribution is 2.44. The maximum atomic E-state index is 4.48. The summed E-state index contributed by atoms with van der Waals surface area (Å²) in [4.78, 5) is 8.74. The normalized spacial score (nSPS) is 11.2. The molecule has 0 atom stereocenters. The number of aryl methyl sites for hydroxylation is 2. The van der Waals surface area contributed by atoms with E-state index in [1.54, 1.807) is 0 Å². The molecule has 0 saturated carbocycles. The van der Waals surface area contributed by atoms with Crippen LogP contribution in [0.2, 0.25) is 0 Å². The van der Waals surface area contributed by atoms with Crippen LogP contribution in [0.25, 0.3) is 66.1 Å². The van der Waals surface area contributed by atoms with E-state index in [0.29, 0.717) is 0 Å². The summed E-state index contributed by atoms with van der Waals surface area (Å²) in [5.41, 5.74) is 12.0. The van der Waals surface area contributed by atoms with E-state index in [2.05, 4.69) is 133 Å². The van der Waals surface area contributed by atoms with Crippen LogP contribution < -0.4 is 0 Å². The minimum Gasteiger partial charge on any atom is -0.264 e. The maximum Gasteiger partial charge on any atom is 0.0450 e. The molecule has 0 aliphatic carbocycles. The molecule has 0 unspecified atom stereocenters. The van der Waals surface area contributed by atoms with Crippen molar-refractivity contribution in [2.45, 2.75) is 13.8 Å². The Morgan fingerprint density at radius 1 is 0.425 bits per heavy atom. The minimum absolute atomic E-state index is 1.04. The second kappa shape index (κ2) is 9.91. The van der Waals surface area contributed by atoms with Gasteiger partial charge in [-0.3, -0.25) is 9.97 Å². The van der Waals surface area contributed by atoms with Crippen LogP contribution in [0, 0.1) is 13.8 Å². The molecule has 0 radical (unpaired) electrons. The molecule has 0 amide bonds. The molecule has 0 N–H and O–H groups in total. The number of pyridine rings is 2. The average molecular weight is 513 g/mol. The Morgan fingerprint density at radius 3 is 1.38 bits per heavy atom. The summed E-state index contributed by atoms with van der Waals surface area (Å²) in [5, 5.41) is 5.04. The van der Waals surface area contributed by atoms with E-state index in [0.717, 1.165) is 5.69 Å². The maximum absolute atomic E-state index is 4.48. The molecule has 0 fully saturated rings. The highest BCUT2D eigenvalue weighted by atomic mass is 14.7. The third-order valence-electron chi connectivity index (χ3n) is 7.93. The molecule has 0 saturated heterocycles. The van der Waals surface area contributed by atoms with E-state index < -0.39 is 0 Å². The molecule has 0 bridgehead atoms. The Kier molecular flexibility index (Phi) is 5.94. The molecule has 2 nitrogen and oxygen atoms in total. The van der Waals surface area contributed by atoms with Crippen molar-refractivity contribution in [3.63, 3.8) is 0 Å². The van der Waals surface area contributed by atoms with Gasteiger partial charge in [-0.05, 0) is 92.0 Å². The Hall–Kier alpha value is -5.08. The molecule has 40 heavy (non-hydrogen) atoms. The number of aromatic nitrogens is 2. The molecule has 0 spiro atoms. The van der Waals surface area contributed by atoms with Crippen molar-refractivity contribution in [3.8, 4) is 44.5 Å². The summed E-state index contributed by atoms with van der Waals surface area (Å²) in [7, 11) is 0. The van der Waals surface area contributed by atoms with Crippen molar-refractivity contribution in [2.24, 2.45) is 0 Å². The number of rotatable bonds is 4. The van der Waals surface area contributed by atoms with Crippen LogP contribution in [0.1, 0.15) is 11.3 Å². The van der Waals surface area contributed by atoms with E-state index in [1.165, 1.54) is 71.6 Å². The van der Waals surface area contributed by atoms with E-state index >= 15 is 0 Å². The quantitative estimate of drug-likeness (QED) is 0.219. The molecule has 2 heterocycles. The molecule has 7 aromatic rings. The van der Waals surface area contributed by atoms with Gasteiger partial charge in [0.2, 0.25) is 0 Å². The van der Waals surface area contributed by atoms with Crippen molar-refractivity contribution in [2.75, 3.05) is 0 Å². The summed E-state index contributed by atoms with van der Waals surface area (Å²) < 4.78 is 0. The van der Waals surface area contributed by atoms with Crippen molar-refractivity contribution in [3.05, 3.63) is 145 Å². The number of fused-ring (bicyclic) bond motifs is 2. The zero-order chi connectivity index (χ0) is 27.1. The fraction of sp³-hybridized carbons (Fsp3) is 0.0526. The van der Waals surface area contributed by atoms with Gasteiger partial charge in [-0.15, -0.1) is 0 Å². The van der Waals surface area contributed by atoms with Crippen molar-refractivity contribution in [1.82, 2.24) is 9.97 Å². The third-order valence-corrected chi connectivity index (χ3v) is 7.93. The lowest BCUT2D eigenvalue weighted by atomic mass is 9.85. The number of hydrogen-bond donors (Lipinski definition) is 0. The first-order chi connectivity index (χ1) is 19.7. The summed E-state index contributed by atoms with van der Waals surface area (Å²) in [6, 6.07) is 41.8. The Balaban J connectivity index is 1.42. The smallest absolute Gasteiger partial charge is 0.0450 e. The van der Waals surface area contributed by atoms with Gasteiger partial charge in [0.25, 0.3) is 0 Å². The summed E-state index contributed by atoms with van der Waals surface area (Å²) in [6.45, 7) is 4.17. The standard InChI is InChI=1S/C38H28N2/c1-25-24-39-23-21-31(25)27-13-17-29(18-14-27)37-33-8-3-5-10-35(33)38(36-11-6-4-9-34(36)37)30-19-15-28(16-20-30)32-12-7-22-40-26(32)2/h3-24H,1-2H3. The second-order valence-corrected chi connectivity index (χ2v) is 10.3. The summed E-state index contributed by atoms with van der Waals surface area (Å²) in [5.74, 6) is 0. The van der Waals surface area contributed by atoms with Gasteiger partial charge >= 0.3 is 0 Å². The molecular formula is C38H28N2. The van der Waals surface area contributed by atoms with Gasteiger partial charge < -0.3 is 0 Å². The molecule has 190 valence electrons. The largest absolute Gasteiger partial charge is 0.264 e. The fourth-order valence-electron chi connectivity index (χ4n) is 5.97. The SMILES string of the molecule is Cc1cnccc1-c1ccc(-c2c3ccccc3c(-c3ccc(-c4cccnc4C)cc3)c3ccccc23)cc1. The Labute approximate surface area is 234 Å². The van der Waals surface area contributed by atoms with Gasteiger partial charge in [-0.2, -0.15) is 0 Å². The fourth-order valence-corrected chi connectivity index (χ4v) is 5.97. The highest BCUT2D eigenvalue weighted by molar-refractivity contribution is 6.21. The zero-order valence-electron chi connectivity index (χ0n) is 22.6. The van der Waals surface area contributed by atoms with Crippen LogP contribution in [0.5, 0.6) is 0 Å². The number of benzene rings is 5. The zero-order valence-corrected chi connectivity index (χ0v) is 22.6. The van der Waals surface area contributed by atoms with Gasteiger partial charge in [-0.25, -0.2) is 0 Å². The van der Waals surface area contributed by atoms with Crippen molar-refractivity contribution < 1.29 is 0 Å². The van der Waals surface area contributed by atoms with E-state index in [4.69, 9.17) is 0 Å². The highest BCUT2D eigenvalue weighted by Gasteiger charge is 2.17. The van der Waals surface area contributed by atoms with Crippen molar-refractivity contribution >= 4 is 21.5 Å². The molecule has 2 heteroatoms. The molecule has 7 rings (SSSR count). The van der Waals surface area contributed by atoms with Crippen LogP contribution >= 0.6 is 0 Å². The van der Waals surface area contributed by atoms with E-state index in [9.17, 15) is 0 Å². The molecule has 0 aliphatic rings. The van der Waals surface area contributed by atoms with E-state index in [1.807, 2.05) is 24.7 Å². The minimum atomic E-state index is 1.04. The second-order valence-electron chi connectivity index (χ2n) is 10.3. The van der Waals surface area contributed by atoms with Crippen LogP contribution in [0.4, 0.5) is 0 Å². The first-order valence-corrected chi connectivity index (χ1v) is 13.7. The number of nitrogens with zero attached hydrogens (tertiary/aromatic N) is 2. The Morgan fingerprint density at radius 2 is 0.900 bits per heavy atom. The lowest BCUT2D eigenvalue weighted by Gasteiger charge is -2.18. The summed E-state index contributed by atoms with van der Waals surface area (Å²) in [6.07, 6.45) is 5.63. The molecule has 5 aromatic carbocycles. The lowest BCUT2D eigenvalue weighted by Crippen LogP contribution is -1.91. The first kappa shape index (κ1) is 24.0. The molecule has 0 aliphatic heterocycles. The average Bonchev–Trinajstić information content (AvgIpc) is 3.01. The van der Waals surface area contributed by atoms with Crippen molar-refractivity contribution in [1.29, 1.82) is 0 Å². The third kappa shape index (κ3) is 4.06. The lowest BCUT2D eigenvalue weighted by molar-refractivity contribution is 1.20. The van der Waals surface area contributed by atoms with Crippen LogP contribution in [-0.4, -0.2) is 9.97 Å². The first-order valence-electron chi connectivity index (χ1n) is 13.7. The monoisotopic (exact) mass is 512 g/mol. The molecule has 2 aromatic heterocycles. The number of hydrogen-bond acceptors (Lipinski definition) is 2. The van der Waals surface area contributed by atoms with Gasteiger partial charge in [0, 0.05) is 29.8 Å².